The van der Waals surface area contributed by atoms with Crippen molar-refractivity contribution in [2.45, 2.75) is 16.5 Å². The molecule has 1 amide bonds. The van der Waals surface area contributed by atoms with Crippen LogP contribution in [0.3, 0.4) is 0 Å². The maximum atomic E-state index is 12.5. The molecular formula is C20H20N2O3S2. The van der Waals surface area contributed by atoms with Gasteiger partial charge in [0.15, 0.2) is 15.8 Å². The van der Waals surface area contributed by atoms with Crippen molar-refractivity contribution in [2.24, 2.45) is 0 Å². The molecule has 1 N–H and O–H groups in total. The van der Waals surface area contributed by atoms with Gasteiger partial charge in [0.2, 0.25) is 5.91 Å². The fraction of sp³-hybridized carbons (Fsp3) is 0.200. The number of nitrogens with zero attached hydrogens (tertiary/aromatic N) is 1. The number of methoxy groups -OCH3 is 2. The van der Waals surface area contributed by atoms with Crippen molar-refractivity contribution in [1.82, 2.24) is 4.98 Å². The first kappa shape index (κ1) is 19.3. The van der Waals surface area contributed by atoms with Crippen LogP contribution in [0, 0.1) is 0 Å². The number of carbonyl (C=O) groups is 1. The lowest BCUT2D eigenvalue weighted by Gasteiger charge is -2.13. The molecule has 0 saturated heterocycles. The molecule has 0 aliphatic carbocycles. The first-order valence-corrected chi connectivity index (χ1v) is 10.1. The van der Waals surface area contributed by atoms with Crippen molar-refractivity contribution < 1.29 is 14.3 Å². The second-order valence-corrected chi connectivity index (χ2v) is 8.13. The van der Waals surface area contributed by atoms with Crippen molar-refractivity contribution in [3.05, 3.63) is 53.9 Å². The summed E-state index contributed by atoms with van der Waals surface area (Å²) in [5.41, 5.74) is 2.66. The second-order valence-electron chi connectivity index (χ2n) is 5.68. The molecule has 3 rings (SSSR count). The van der Waals surface area contributed by atoms with Gasteiger partial charge in [0, 0.05) is 22.7 Å². The van der Waals surface area contributed by atoms with Crippen LogP contribution in [0.25, 0.3) is 11.3 Å². The number of benzene rings is 2. The van der Waals surface area contributed by atoms with Gasteiger partial charge in [-0.2, -0.15) is 0 Å². The Balaban J connectivity index is 1.64. The van der Waals surface area contributed by atoms with Gasteiger partial charge in [-0.15, -0.1) is 11.3 Å². The number of rotatable bonds is 7. The summed E-state index contributed by atoms with van der Waals surface area (Å²) < 4.78 is 11.3. The summed E-state index contributed by atoms with van der Waals surface area (Å²) in [7, 11) is 3.14. The van der Waals surface area contributed by atoms with E-state index in [1.165, 1.54) is 11.8 Å². The number of thiazole rings is 1. The van der Waals surface area contributed by atoms with Crippen LogP contribution in [0.2, 0.25) is 0 Å². The van der Waals surface area contributed by atoms with Gasteiger partial charge in [-0.05, 0) is 19.1 Å². The average Bonchev–Trinajstić information content (AvgIpc) is 3.17. The smallest absolute Gasteiger partial charge is 0.237 e. The molecular weight excluding hydrogens is 380 g/mol. The van der Waals surface area contributed by atoms with Crippen molar-refractivity contribution in [2.75, 3.05) is 19.5 Å². The van der Waals surface area contributed by atoms with E-state index in [4.69, 9.17) is 9.47 Å². The van der Waals surface area contributed by atoms with E-state index in [0.717, 1.165) is 15.6 Å². The lowest BCUT2D eigenvalue weighted by molar-refractivity contribution is -0.115. The number of carbonyl (C=O) groups excluding carboxylic acids is 1. The van der Waals surface area contributed by atoms with Crippen molar-refractivity contribution >= 4 is 34.7 Å². The zero-order valence-corrected chi connectivity index (χ0v) is 16.9. The Morgan fingerprint density at radius 2 is 1.85 bits per heavy atom. The number of amides is 1. The van der Waals surface area contributed by atoms with Crippen molar-refractivity contribution in [3.8, 4) is 22.8 Å². The molecule has 2 aromatic carbocycles. The van der Waals surface area contributed by atoms with E-state index in [9.17, 15) is 4.79 Å². The summed E-state index contributed by atoms with van der Waals surface area (Å²) in [4.78, 5) is 17.1. The van der Waals surface area contributed by atoms with Gasteiger partial charge in [-0.3, -0.25) is 4.79 Å². The van der Waals surface area contributed by atoms with Gasteiger partial charge in [0.05, 0.1) is 25.2 Å². The zero-order valence-electron chi connectivity index (χ0n) is 15.3. The van der Waals surface area contributed by atoms with Crippen molar-refractivity contribution in [1.29, 1.82) is 0 Å². The van der Waals surface area contributed by atoms with Crippen LogP contribution in [0.4, 0.5) is 5.69 Å². The SMILES string of the molecule is COc1ccc(NC(=O)[C@@H](C)Sc2nc(-c3ccccc3)cs2)cc1OC. The number of anilines is 1. The molecule has 0 aliphatic rings. The van der Waals surface area contributed by atoms with Crippen LogP contribution in [0.5, 0.6) is 11.5 Å². The van der Waals surface area contributed by atoms with E-state index >= 15 is 0 Å². The normalized spacial score (nSPS) is 11.7. The Hall–Kier alpha value is -2.51. The van der Waals surface area contributed by atoms with Crippen LogP contribution >= 0.6 is 23.1 Å². The zero-order chi connectivity index (χ0) is 19.2. The van der Waals surface area contributed by atoms with Gasteiger partial charge in [0.1, 0.15) is 0 Å². The summed E-state index contributed by atoms with van der Waals surface area (Å²) in [6.07, 6.45) is 0. The highest BCUT2D eigenvalue weighted by Gasteiger charge is 2.17. The third-order valence-corrected chi connectivity index (χ3v) is 5.92. The molecule has 3 aromatic rings. The molecule has 0 saturated carbocycles. The number of hydrogen-bond acceptors (Lipinski definition) is 6. The van der Waals surface area contributed by atoms with Crippen LogP contribution in [0.15, 0.2) is 58.3 Å². The Morgan fingerprint density at radius 3 is 2.56 bits per heavy atom. The number of ether oxygens (including phenoxy) is 2. The Labute approximate surface area is 166 Å². The van der Waals surface area contributed by atoms with Crippen LogP contribution in [-0.2, 0) is 4.79 Å². The van der Waals surface area contributed by atoms with E-state index < -0.39 is 0 Å². The Bertz CT molecular complexity index is 913. The molecule has 1 aromatic heterocycles. The second kappa shape index (κ2) is 8.92. The first-order chi connectivity index (χ1) is 13.1. The predicted octanol–water partition coefficient (Wildman–Crippen LogP) is 4.95. The average molecular weight is 401 g/mol. The topological polar surface area (TPSA) is 60.5 Å². The summed E-state index contributed by atoms with van der Waals surface area (Å²) in [6.45, 7) is 1.87. The fourth-order valence-electron chi connectivity index (χ4n) is 2.42. The standard InChI is InChI=1S/C20H20N2O3S2/c1-13(19(23)21-15-9-10-17(24-2)18(11-15)25-3)27-20-22-16(12-26-20)14-7-5-4-6-8-14/h4-13H,1-3H3,(H,21,23)/t13-/m1/s1. The van der Waals surface area contributed by atoms with Crippen LogP contribution < -0.4 is 14.8 Å². The monoisotopic (exact) mass is 400 g/mol. The molecule has 7 heteroatoms. The van der Waals surface area contributed by atoms with Gasteiger partial charge >= 0.3 is 0 Å². The molecule has 140 valence electrons. The van der Waals surface area contributed by atoms with E-state index in [1.807, 2.05) is 42.6 Å². The Kier molecular flexibility index (Phi) is 6.36. The lowest BCUT2D eigenvalue weighted by Crippen LogP contribution is -2.22. The molecule has 0 radical (unpaired) electrons. The third-order valence-electron chi connectivity index (χ3n) is 3.85. The molecule has 1 atom stereocenters. The largest absolute Gasteiger partial charge is 0.493 e. The van der Waals surface area contributed by atoms with Gasteiger partial charge in [-0.1, -0.05) is 42.1 Å². The molecule has 27 heavy (non-hydrogen) atoms. The van der Waals surface area contributed by atoms with Crippen LogP contribution in [-0.4, -0.2) is 30.4 Å². The van der Waals surface area contributed by atoms with E-state index in [1.54, 1.807) is 43.8 Å². The highest BCUT2D eigenvalue weighted by atomic mass is 32.2. The highest BCUT2D eigenvalue weighted by Crippen LogP contribution is 2.32. The number of nitrogens with one attached hydrogen (secondary N) is 1. The predicted molar refractivity (Wildman–Crippen MR) is 111 cm³/mol. The summed E-state index contributed by atoms with van der Waals surface area (Å²) in [5, 5.41) is 4.63. The van der Waals surface area contributed by atoms with Crippen LogP contribution in [0.1, 0.15) is 6.92 Å². The maximum Gasteiger partial charge on any atom is 0.237 e. The summed E-state index contributed by atoms with van der Waals surface area (Å²) >= 11 is 2.99. The summed E-state index contributed by atoms with van der Waals surface area (Å²) in [5.74, 6) is 1.10. The number of aromatic nitrogens is 1. The number of thioether (sulfide) groups is 1. The minimum atomic E-state index is -0.284. The van der Waals surface area contributed by atoms with E-state index in [0.29, 0.717) is 17.2 Å². The molecule has 0 bridgehead atoms. The lowest BCUT2D eigenvalue weighted by atomic mass is 10.2. The van der Waals surface area contributed by atoms with E-state index in [2.05, 4.69) is 10.3 Å². The number of hydrogen-bond donors (Lipinski definition) is 1. The maximum absolute atomic E-state index is 12.5. The quantitative estimate of drug-likeness (QED) is 0.569. The molecule has 1 heterocycles. The Morgan fingerprint density at radius 1 is 1.11 bits per heavy atom. The van der Waals surface area contributed by atoms with Gasteiger partial charge in [-0.25, -0.2) is 4.98 Å². The highest BCUT2D eigenvalue weighted by molar-refractivity contribution is 8.02. The minimum Gasteiger partial charge on any atom is -0.493 e. The van der Waals surface area contributed by atoms with Gasteiger partial charge in [0.25, 0.3) is 0 Å². The van der Waals surface area contributed by atoms with Crippen molar-refractivity contribution in [3.63, 3.8) is 0 Å². The molecule has 0 spiro atoms. The minimum absolute atomic E-state index is 0.0938. The fourth-order valence-corrected chi connectivity index (χ4v) is 4.39. The first-order valence-electron chi connectivity index (χ1n) is 8.31. The summed E-state index contributed by atoms with van der Waals surface area (Å²) in [6, 6.07) is 15.3. The van der Waals surface area contributed by atoms with E-state index in [-0.39, 0.29) is 11.2 Å². The molecule has 0 aliphatic heterocycles. The molecule has 0 fully saturated rings. The molecule has 5 nitrogen and oxygen atoms in total. The van der Waals surface area contributed by atoms with Gasteiger partial charge < -0.3 is 14.8 Å². The third kappa shape index (κ3) is 4.81. The molecule has 0 unspecified atom stereocenters.